The topological polar surface area (TPSA) is 12.0 Å². The van der Waals surface area contributed by atoms with Crippen LogP contribution in [-0.2, 0) is 5.41 Å². The zero-order valence-corrected chi connectivity index (χ0v) is 20.4. The lowest BCUT2D eigenvalue weighted by Crippen LogP contribution is -2.36. The van der Waals surface area contributed by atoms with E-state index in [0.717, 1.165) is 0 Å². The fourth-order valence-electron chi connectivity index (χ4n) is 6.98. The molecule has 0 aromatic heterocycles. The van der Waals surface area contributed by atoms with Crippen LogP contribution in [0, 0.1) is 6.92 Å². The average Bonchev–Trinajstić information content (AvgIpc) is 3.45. The number of rotatable bonds is 3. The molecule has 1 nitrogen and oxygen atoms in total. The van der Waals surface area contributed by atoms with E-state index in [4.69, 9.17) is 0 Å². The third-order valence-corrected chi connectivity index (χ3v) is 8.39. The highest BCUT2D eigenvalue weighted by atomic mass is 15.1. The SMILES string of the molecule is Cc1ccc([C@H]2[C@H](c3ccccc3)N[C@H](c3ccccc3)C23c2ccccc2-c2ccccc23)cc1. The van der Waals surface area contributed by atoms with Crippen molar-refractivity contribution in [3.63, 3.8) is 0 Å². The third kappa shape index (κ3) is 3.00. The Morgan fingerprint density at radius 3 is 1.58 bits per heavy atom. The van der Waals surface area contributed by atoms with Gasteiger partial charge in [0.05, 0.1) is 0 Å². The molecule has 2 aliphatic rings. The zero-order chi connectivity index (χ0) is 24.1. The molecule has 7 rings (SSSR count). The smallest absolute Gasteiger partial charge is 0.0496 e. The van der Waals surface area contributed by atoms with E-state index in [1.807, 2.05) is 0 Å². The summed E-state index contributed by atoms with van der Waals surface area (Å²) in [5.74, 6) is 0.218. The normalized spacial score (nSPS) is 21.3. The van der Waals surface area contributed by atoms with Gasteiger partial charge in [-0.05, 0) is 45.9 Å². The van der Waals surface area contributed by atoms with Gasteiger partial charge in [-0.1, -0.05) is 139 Å². The van der Waals surface area contributed by atoms with E-state index >= 15 is 0 Å². The molecule has 1 heterocycles. The number of aryl methyl sites for hydroxylation is 1. The monoisotopic (exact) mass is 463 g/mol. The van der Waals surface area contributed by atoms with Crippen LogP contribution in [-0.4, -0.2) is 0 Å². The third-order valence-electron chi connectivity index (χ3n) is 8.39. The van der Waals surface area contributed by atoms with Gasteiger partial charge in [-0.3, -0.25) is 0 Å². The lowest BCUT2D eigenvalue weighted by Gasteiger charge is -2.40. The minimum Gasteiger partial charge on any atom is -0.301 e. The van der Waals surface area contributed by atoms with Crippen molar-refractivity contribution >= 4 is 0 Å². The molecular weight excluding hydrogens is 434 g/mol. The quantitative estimate of drug-likeness (QED) is 0.285. The van der Waals surface area contributed by atoms with Crippen LogP contribution in [0.2, 0.25) is 0 Å². The summed E-state index contributed by atoms with van der Waals surface area (Å²) in [5.41, 5.74) is 10.7. The van der Waals surface area contributed by atoms with Crippen molar-refractivity contribution in [1.29, 1.82) is 0 Å². The first-order valence-electron chi connectivity index (χ1n) is 12.9. The second-order valence-corrected chi connectivity index (χ2v) is 10.2. The summed E-state index contributed by atoms with van der Waals surface area (Å²) in [6.45, 7) is 2.17. The van der Waals surface area contributed by atoms with E-state index in [9.17, 15) is 0 Å². The van der Waals surface area contributed by atoms with Crippen LogP contribution in [0.15, 0.2) is 133 Å². The zero-order valence-electron chi connectivity index (χ0n) is 20.4. The molecule has 1 aliphatic heterocycles. The summed E-state index contributed by atoms with van der Waals surface area (Å²) in [6.07, 6.45) is 0. The van der Waals surface area contributed by atoms with E-state index in [1.165, 1.54) is 44.5 Å². The molecule has 1 saturated heterocycles. The van der Waals surface area contributed by atoms with Crippen LogP contribution < -0.4 is 5.32 Å². The fourth-order valence-corrected chi connectivity index (χ4v) is 6.98. The summed E-state index contributed by atoms with van der Waals surface area (Å²) in [4.78, 5) is 0. The molecule has 0 amide bonds. The minimum absolute atomic E-state index is 0.125. The van der Waals surface area contributed by atoms with E-state index in [2.05, 4.69) is 146 Å². The lowest BCUT2D eigenvalue weighted by molar-refractivity contribution is 0.420. The lowest BCUT2D eigenvalue weighted by atomic mass is 9.61. The van der Waals surface area contributed by atoms with Crippen molar-refractivity contribution in [3.8, 4) is 11.1 Å². The number of nitrogens with one attached hydrogen (secondary N) is 1. The molecule has 0 radical (unpaired) electrons. The molecule has 1 heteroatoms. The number of benzene rings is 5. The standard InChI is InChI=1S/C35H29N/c1-24-20-22-25(23-21-24)32-33(26-12-4-2-5-13-26)36-34(27-14-6-3-7-15-27)35(32)30-18-10-8-16-28(30)29-17-9-11-19-31(29)35/h2-23,32-34,36H,1H3/t32-,33-,34+/m0/s1. The van der Waals surface area contributed by atoms with Gasteiger partial charge in [0.2, 0.25) is 0 Å². The van der Waals surface area contributed by atoms with Gasteiger partial charge in [0.15, 0.2) is 0 Å². The highest BCUT2D eigenvalue weighted by molar-refractivity contribution is 5.83. The predicted octanol–water partition coefficient (Wildman–Crippen LogP) is 8.13. The van der Waals surface area contributed by atoms with Crippen molar-refractivity contribution in [2.45, 2.75) is 30.3 Å². The van der Waals surface area contributed by atoms with Gasteiger partial charge in [-0.2, -0.15) is 0 Å². The molecule has 0 unspecified atom stereocenters. The maximum Gasteiger partial charge on any atom is 0.0496 e. The Bertz CT molecular complexity index is 1470. The molecule has 0 saturated carbocycles. The molecule has 0 bridgehead atoms. The van der Waals surface area contributed by atoms with Gasteiger partial charge in [0, 0.05) is 23.4 Å². The van der Waals surface area contributed by atoms with E-state index < -0.39 is 0 Å². The molecule has 1 spiro atoms. The summed E-state index contributed by atoms with van der Waals surface area (Å²) in [6, 6.07) is 49.8. The van der Waals surface area contributed by atoms with Gasteiger partial charge in [0.1, 0.15) is 0 Å². The van der Waals surface area contributed by atoms with E-state index in [-0.39, 0.29) is 23.4 Å². The summed E-state index contributed by atoms with van der Waals surface area (Å²) in [7, 11) is 0. The highest BCUT2D eigenvalue weighted by Crippen LogP contribution is 2.67. The molecule has 5 aromatic carbocycles. The number of hydrogen-bond donors (Lipinski definition) is 1. The second kappa shape index (κ2) is 8.33. The summed E-state index contributed by atoms with van der Waals surface area (Å²) >= 11 is 0. The van der Waals surface area contributed by atoms with Crippen LogP contribution in [0.1, 0.15) is 51.4 Å². The Hall–Kier alpha value is -3.94. The van der Waals surface area contributed by atoms with Gasteiger partial charge in [-0.25, -0.2) is 0 Å². The first-order chi connectivity index (χ1) is 17.8. The molecule has 36 heavy (non-hydrogen) atoms. The van der Waals surface area contributed by atoms with Crippen molar-refractivity contribution in [3.05, 3.63) is 167 Å². The fraction of sp³-hybridized carbons (Fsp3) is 0.143. The first kappa shape index (κ1) is 21.4. The summed E-state index contributed by atoms with van der Waals surface area (Å²) in [5, 5.41) is 4.20. The average molecular weight is 464 g/mol. The number of fused-ring (bicyclic) bond motifs is 5. The second-order valence-electron chi connectivity index (χ2n) is 10.2. The first-order valence-corrected chi connectivity index (χ1v) is 12.9. The van der Waals surface area contributed by atoms with Gasteiger partial charge < -0.3 is 5.32 Å². The maximum atomic E-state index is 4.20. The Morgan fingerprint density at radius 2 is 1.00 bits per heavy atom. The Balaban J connectivity index is 1.60. The summed E-state index contributed by atoms with van der Waals surface area (Å²) < 4.78 is 0. The van der Waals surface area contributed by atoms with Crippen molar-refractivity contribution < 1.29 is 0 Å². The number of hydrogen-bond acceptors (Lipinski definition) is 1. The van der Waals surface area contributed by atoms with Crippen LogP contribution in [0.25, 0.3) is 11.1 Å². The van der Waals surface area contributed by atoms with E-state index in [0.29, 0.717) is 0 Å². The minimum atomic E-state index is -0.246. The van der Waals surface area contributed by atoms with Crippen molar-refractivity contribution in [2.75, 3.05) is 0 Å². The molecule has 174 valence electrons. The maximum absolute atomic E-state index is 4.20. The molecule has 1 N–H and O–H groups in total. The largest absolute Gasteiger partial charge is 0.301 e. The van der Waals surface area contributed by atoms with Crippen molar-refractivity contribution in [1.82, 2.24) is 5.32 Å². The van der Waals surface area contributed by atoms with Crippen LogP contribution in [0.5, 0.6) is 0 Å². The molecule has 1 fully saturated rings. The van der Waals surface area contributed by atoms with E-state index in [1.54, 1.807) is 0 Å². The van der Waals surface area contributed by atoms with Crippen molar-refractivity contribution in [2.24, 2.45) is 0 Å². The van der Waals surface area contributed by atoms with Crippen LogP contribution in [0.3, 0.4) is 0 Å². The Morgan fingerprint density at radius 1 is 0.500 bits per heavy atom. The Kier molecular flexibility index (Phi) is 4.94. The molecule has 5 aromatic rings. The molecular formula is C35H29N. The Labute approximate surface area is 213 Å². The van der Waals surface area contributed by atoms with Gasteiger partial charge >= 0.3 is 0 Å². The van der Waals surface area contributed by atoms with Gasteiger partial charge in [0.25, 0.3) is 0 Å². The van der Waals surface area contributed by atoms with Crippen LogP contribution >= 0.6 is 0 Å². The highest BCUT2D eigenvalue weighted by Gasteiger charge is 2.61. The molecule has 3 atom stereocenters. The van der Waals surface area contributed by atoms with Crippen LogP contribution in [0.4, 0.5) is 0 Å². The van der Waals surface area contributed by atoms with Gasteiger partial charge in [-0.15, -0.1) is 0 Å². The predicted molar refractivity (Wildman–Crippen MR) is 148 cm³/mol. The molecule has 1 aliphatic carbocycles.